The first kappa shape index (κ1) is 23.4. The highest BCUT2D eigenvalue weighted by molar-refractivity contribution is 5.88. The molecule has 6 nitrogen and oxygen atoms in total. The van der Waals surface area contributed by atoms with Crippen molar-refractivity contribution in [1.82, 2.24) is 19.5 Å². The van der Waals surface area contributed by atoms with Crippen LogP contribution in [-0.2, 0) is 0 Å². The smallest absolute Gasteiger partial charge is 0.165 e. The molecule has 3 aromatic carbocycles. The van der Waals surface area contributed by atoms with Crippen LogP contribution in [0.2, 0.25) is 0 Å². The molecule has 3 heterocycles. The number of benzene rings is 3. The van der Waals surface area contributed by atoms with Gasteiger partial charge in [-0.15, -0.1) is 0 Å². The standard InChI is InChI=1S/C30H30FN5O/c1-21-20-28(36-30(32-21)29(22(2)33-36)24-10-12-25(31)13-11-24)35-16-14-34(15-17-35)18-19-37-27-9-5-7-23-6-3-4-8-26(23)27/h3-13,20H,14-19H2,1-2H3. The highest BCUT2D eigenvalue weighted by Crippen LogP contribution is 2.31. The number of aromatic nitrogens is 3. The highest BCUT2D eigenvalue weighted by atomic mass is 19.1. The Bertz CT molecular complexity index is 1550. The third-order valence-corrected chi connectivity index (χ3v) is 7.12. The Kier molecular flexibility index (Phi) is 6.22. The van der Waals surface area contributed by atoms with Crippen molar-refractivity contribution in [1.29, 1.82) is 0 Å². The maximum Gasteiger partial charge on any atom is 0.165 e. The topological polar surface area (TPSA) is 45.9 Å². The Morgan fingerprint density at radius 2 is 1.65 bits per heavy atom. The van der Waals surface area contributed by atoms with Crippen molar-refractivity contribution in [2.45, 2.75) is 13.8 Å². The normalized spacial score (nSPS) is 14.5. The van der Waals surface area contributed by atoms with Gasteiger partial charge in [0.2, 0.25) is 0 Å². The summed E-state index contributed by atoms with van der Waals surface area (Å²) in [4.78, 5) is 9.64. The summed E-state index contributed by atoms with van der Waals surface area (Å²) in [7, 11) is 0. The van der Waals surface area contributed by atoms with Gasteiger partial charge in [-0.3, -0.25) is 4.90 Å². The van der Waals surface area contributed by atoms with Gasteiger partial charge < -0.3 is 9.64 Å². The molecular formula is C30H30FN5O. The molecule has 188 valence electrons. The molecule has 0 atom stereocenters. The molecule has 7 heteroatoms. The number of ether oxygens (including phenoxy) is 1. The molecule has 0 bridgehead atoms. The minimum absolute atomic E-state index is 0.247. The van der Waals surface area contributed by atoms with Gasteiger partial charge in [0, 0.05) is 55.4 Å². The molecule has 1 saturated heterocycles. The van der Waals surface area contributed by atoms with E-state index < -0.39 is 0 Å². The van der Waals surface area contributed by atoms with Crippen LogP contribution in [0.4, 0.5) is 10.2 Å². The summed E-state index contributed by atoms with van der Waals surface area (Å²) in [6.07, 6.45) is 0. The van der Waals surface area contributed by atoms with Crippen LogP contribution >= 0.6 is 0 Å². The molecule has 0 radical (unpaired) electrons. The van der Waals surface area contributed by atoms with Crippen LogP contribution in [0.15, 0.2) is 72.8 Å². The zero-order chi connectivity index (χ0) is 25.4. The van der Waals surface area contributed by atoms with E-state index in [0.29, 0.717) is 6.61 Å². The molecule has 0 aliphatic carbocycles. The van der Waals surface area contributed by atoms with Gasteiger partial charge in [0.05, 0.1) is 5.69 Å². The van der Waals surface area contributed by atoms with Crippen molar-refractivity contribution in [3.05, 3.63) is 90.0 Å². The molecule has 2 aromatic heterocycles. The Balaban J connectivity index is 1.15. The Labute approximate surface area is 215 Å². The molecule has 37 heavy (non-hydrogen) atoms. The van der Waals surface area contributed by atoms with E-state index in [4.69, 9.17) is 14.8 Å². The van der Waals surface area contributed by atoms with Crippen molar-refractivity contribution in [3.63, 3.8) is 0 Å². The molecule has 1 aliphatic heterocycles. The lowest BCUT2D eigenvalue weighted by Gasteiger charge is -2.36. The monoisotopic (exact) mass is 495 g/mol. The van der Waals surface area contributed by atoms with Crippen molar-refractivity contribution in [2.75, 3.05) is 44.2 Å². The van der Waals surface area contributed by atoms with Crippen molar-refractivity contribution in [3.8, 4) is 16.9 Å². The van der Waals surface area contributed by atoms with E-state index in [1.54, 1.807) is 12.1 Å². The van der Waals surface area contributed by atoms with E-state index in [1.165, 1.54) is 17.5 Å². The number of halogens is 1. The molecule has 6 rings (SSSR count). The number of anilines is 1. The zero-order valence-corrected chi connectivity index (χ0v) is 21.2. The quantitative estimate of drug-likeness (QED) is 0.311. The summed E-state index contributed by atoms with van der Waals surface area (Å²) in [6.45, 7) is 9.25. The maximum absolute atomic E-state index is 13.5. The lowest BCUT2D eigenvalue weighted by atomic mass is 10.1. The van der Waals surface area contributed by atoms with Crippen LogP contribution in [0.25, 0.3) is 27.5 Å². The lowest BCUT2D eigenvalue weighted by Crippen LogP contribution is -2.48. The zero-order valence-electron chi connectivity index (χ0n) is 21.2. The SMILES string of the molecule is Cc1cc(N2CCN(CCOc3cccc4ccccc34)CC2)n2nc(C)c(-c3ccc(F)cc3)c2n1. The molecule has 0 unspecified atom stereocenters. The minimum atomic E-state index is -0.247. The second-order valence-corrected chi connectivity index (χ2v) is 9.61. The number of aryl methyl sites for hydroxylation is 2. The van der Waals surface area contributed by atoms with Crippen molar-refractivity contribution < 1.29 is 9.13 Å². The van der Waals surface area contributed by atoms with Gasteiger partial charge in [0.25, 0.3) is 0 Å². The van der Waals surface area contributed by atoms with Crippen LogP contribution in [0.1, 0.15) is 11.4 Å². The summed E-state index contributed by atoms with van der Waals surface area (Å²) in [5, 5.41) is 7.19. The van der Waals surface area contributed by atoms with E-state index in [1.807, 2.05) is 30.5 Å². The molecule has 0 amide bonds. The fourth-order valence-corrected chi connectivity index (χ4v) is 5.21. The average molecular weight is 496 g/mol. The van der Waals surface area contributed by atoms with E-state index in [9.17, 15) is 4.39 Å². The summed E-state index contributed by atoms with van der Waals surface area (Å²) >= 11 is 0. The number of piperazine rings is 1. The first-order valence-corrected chi connectivity index (χ1v) is 12.8. The van der Waals surface area contributed by atoms with Gasteiger partial charge in [0.15, 0.2) is 5.65 Å². The molecule has 0 spiro atoms. The van der Waals surface area contributed by atoms with Crippen LogP contribution in [0, 0.1) is 19.7 Å². The number of hydrogen-bond acceptors (Lipinski definition) is 5. The van der Waals surface area contributed by atoms with Crippen molar-refractivity contribution in [2.24, 2.45) is 0 Å². The van der Waals surface area contributed by atoms with E-state index >= 15 is 0 Å². The van der Waals surface area contributed by atoms with Crippen LogP contribution in [-0.4, -0.2) is 58.8 Å². The number of rotatable bonds is 6. The summed E-state index contributed by atoms with van der Waals surface area (Å²) in [5.41, 5.74) is 4.51. The first-order chi connectivity index (χ1) is 18.1. The summed E-state index contributed by atoms with van der Waals surface area (Å²) in [6, 6.07) is 23.2. The average Bonchev–Trinajstić information content (AvgIpc) is 3.25. The van der Waals surface area contributed by atoms with Gasteiger partial charge in [-0.05, 0) is 43.0 Å². The number of nitrogens with zero attached hydrogens (tertiary/aromatic N) is 5. The minimum Gasteiger partial charge on any atom is -0.492 e. The maximum atomic E-state index is 13.5. The van der Waals surface area contributed by atoms with Crippen LogP contribution in [0.5, 0.6) is 5.75 Å². The largest absolute Gasteiger partial charge is 0.492 e. The van der Waals surface area contributed by atoms with E-state index in [2.05, 4.69) is 46.2 Å². The third kappa shape index (κ3) is 4.62. The predicted molar refractivity (Wildman–Crippen MR) is 146 cm³/mol. The Hall–Kier alpha value is -3.97. The van der Waals surface area contributed by atoms with Gasteiger partial charge in [-0.25, -0.2) is 9.37 Å². The Morgan fingerprint density at radius 3 is 2.46 bits per heavy atom. The van der Waals surface area contributed by atoms with Gasteiger partial charge in [-0.1, -0.05) is 48.5 Å². The number of fused-ring (bicyclic) bond motifs is 2. The van der Waals surface area contributed by atoms with Crippen LogP contribution in [0.3, 0.4) is 0 Å². The molecule has 1 fully saturated rings. The van der Waals surface area contributed by atoms with Gasteiger partial charge in [-0.2, -0.15) is 9.61 Å². The predicted octanol–water partition coefficient (Wildman–Crippen LogP) is 5.51. The second-order valence-electron chi connectivity index (χ2n) is 9.61. The van der Waals surface area contributed by atoms with Gasteiger partial charge >= 0.3 is 0 Å². The Morgan fingerprint density at radius 1 is 0.892 bits per heavy atom. The van der Waals surface area contributed by atoms with Crippen LogP contribution < -0.4 is 9.64 Å². The summed E-state index contributed by atoms with van der Waals surface area (Å²) in [5.74, 6) is 1.74. The molecule has 5 aromatic rings. The van der Waals surface area contributed by atoms with Gasteiger partial charge in [0.1, 0.15) is 24.0 Å². The molecule has 1 aliphatic rings. The second kappa shape index (κ2) is 9.82. The molecule has 0 saturated carbocycles. The fourth-order valence-electron chi connectivity index (χ4n) is 5.21. The van der Waals surface area contributed by atoms with E-state index in [0.717, 1.165) is 77.8 Å². The third-order valence-electron chi connectivity index (χ3n) is 7.12. The van der Waals surface area contributed by atoms with E-state index in [-0.39, 0.29) is 5.82 Å². The lowest BCUT2D eigenvalue weighted by molar-refractivity contribution is 0.201. The van der Waals surface area contributed by atoms with Crippen molar-refractivity contribution >= 4 is 22.2 Å². The highest BCUT2D eigenvalue weighted by Gasteiger charge is 2.22. The summed E-state index contributed by atoms with van der Waals surface area (Å²) < 4.78 is 21.6. The first-order valence-electron chi connectivity index (χ1n) is 12.8. The molecular weight excluding hydrogens is 465 g/mol. The molecule has 0 N–H and O–H groups in total. The fraction of sp³-hybridized carbons (Fsp3) is 0.267. The number of hydrogen-bond donors (Lipinski definition) is 0.